The molecule has 1 aromatic carbocycles. The number of benzene rings is 1. The highest BCUT2D eigenvalue weighted by atomic mass is 35.5. The molecule has 1 aliphatic heterocycles. The standard InChI is InChI=1S/C15H22FN3O2.2ClH/c1-19(13-6-3-2-5-12(13)16)9-4-7-18-15(20)14-11-17-8-10-21-14;;/h2-3,5-6,14,17H,4,7-11H2,1H3,(H,18,20);2*1H. The van der Waals surface area contributed by atoms with Gasteiger partial charge in [0.25, 0.3) is 0 Å². The molecule has 1 heterocycles. The molecule has 5 nitrogen and oxygen atoms in total. The maximum Gasteiger partial charge on any atom is 0.250 e. The van der Waals surface area contributed by atoms with Crippen LogP contribution >= 0.6 is 24.8 Å². The Labute approximate surface area is 148 Å². The van der Waals surface area contributed by atoms with Gasteiger partial charge in [0.2, 0.25) is 5.91 Å². The predicted octanol–water partition coefficient (Wildman–Crippen LogP) is 1.60. The van der Waals surface area contributed by atoms with Crippen LogP contribution in [0.3, 0.4) is 0 Å². The Bertz CT molecular complexity index is 474. The number of rotatable bonds is 6. The van der Waals surface area contributed by atoms with Crippen molar-refractivity contribution in [3.05, 3.63) is 30.1 Å². The summed E-state index contributed by atoms with van der Waals surface area (Å²) in [4.78, 5) is 13.7. The van der Waals surface area contributed by atoms with Crippen molar-refractivity contribution in [3.63, 3.8) is 0 Å². The van der Waals surface area contributed by atoms with Crippen molar-refractivity contribution in [1.82, 2.24) is 10.6 Å². The Morgan fingerprint density at radius 1 is 1.43 bits per heavy atom. The normalized spacial score (nSPS) is 16.7. The highest BCUT2D eigenvalue weighted by Crippen LogP contribution is 2.16. The van der Waals surface area contributed by atoms with E-state index in [1.54, 1.807) is 12.1 Å². The topological polar surface area (TPSA) is 53.6 Å². The Kier molecular flexibility index (Phi) is 10.9. The number of nitrogens with one attached hydrogen (secondary N) is 2. The molecule has 2 rings (SSSR count). The second kappa shape index (κ2) is 11.5. The number of carbonyl (C=O) groups is 1. The summed E-state index contributed by atoms with van der Waals surface area (Å²) < 4.78 is 19.0. The molecule has 0 saturated carbocycles. The van der Waals surface area contributed by atoms with Gasteiger partial charge in [-0.1, -0.05) is 12.1 Å². The van der Waals surface area contributed by atoms with Crippen LogP contribution in [0.4, 0.5) is 10.1 Å². The van der Waals surface area contributed by atoms with E-state index in [1.165, 1.54) is 6.07 Å². The van der Waals surface area contributed by atoms with Gasteiger partial charge in [0.05, 0.1) is 12.3 Å². The van der Waals surface area contributed by atoms with E-state index in [2.05, 4.69) is 10.6 Å². The maximum atomic E-state index is 13.6. The number of nitrogens with zero attached hydrogens (tertiary/aromatic N) is 1. The van der Waals surface area contributed by atoms with Gasteiger partial charge < -0.3 is 20.3 Å². The summed E-state index contributed by atoms with van der Waals surface area (Å²) in [5.74, 6) is -0.318. The third kappa shape index (κ3) is 6.91. The van der Waals surface area contributed by atoms with Gasteiger partial charge in [-0.25, -0.2) is 4.39 Å². The van der Waals surface area contributed by atoms with Crippen LogP contribution in [0, 0.1) is 5.82 Å². The average Bonchev–Trinajstić information content (AvgIpc) is 2.52. The fourth-order valence-electron chi connectivity index (χ4n) is 2.26. The molecule has 23 heavy (non-hydrogen) atoms. The van der Waals surface area contributed by atoms with Crippen LogP contribution in [0.1, 0.15) is 6.42 Å². The number of amides is 1. The molecule has 1 amide bonds. The zero-order valence-electron chi connectivity index (χ0n) is 13.1. The Hall–Kier alpha value is -1.08. The summed E-state index contributed by atoms with van der Waals surface area (Å²) in [6, 6.07) is 6.67. The van der Waals surface area contributed by atoms with Gasteiger partial charge in [0.1, 0.15) is 11.9 Å². The van der Waals surface area contributed by atoms with Crippen molar-refractivity contribution >= 4 is 36.4 Å². The summed E-state index contributed by atoms with van der Waals surface area (Å²) >= 11 is 0. The number of para-hydroxylation sites is 1. The van der Waals surface area contributed by atoms with E-state index in [9.17, 15) is 9.18 Å². The van der Waals surface area contributed by atoms with Gasteiger partial charge in [-0.05, 0) is 18.6 Å². The van der Waals surface area contributed by atoms with Gasteiger partial charge >= 0.3 is 0 Å². The second-order valence-electron chi connectivity index (χ2n) is 5.08. The quantitative estimate of drug-likeness (QED) is 0.749. The third-order valence-electron chi connectivity index (χ3n) is 3.45. The first-order chi connectivity index (χ1) is 10.2. The van der Waals surface area contributed by atoms with Crippen molar-refractivity contribution in [2.24, 2.45) is 0 Å². The number of carbonyl (C=O) groups excluding carboxylic acids is 1. The summed E-state index contributed by atoms with van der Waals surface area (Å²) in [5, 5.41) is 5.97. The first-order valence-electron chi connectivity index (χ1n) is 7.24. The van der Waals surface area contributed by atoms with Crippen LogP contribution in [0.2, 0.25) is 0 Å². The molecule has 0 bridgehead atoms. The summed E-state index contributed by atoms with van der Waals surface area (Å²) in [5.41, 5.74) is 0.573. The first kappa shape index (κ1) is 21.9. The van der Waals surface area contributed by atoms with Crippen LogP contribution in [0.15, 0.2) is 24.3 Å². The molecule has 1 saturated heterocycles. The minimum Gasteiger partial charge on any atom is -0.372 e. The average molecular weight is 368 g/mol. The van der Waals surface area contributed by atoms with E-state index in [0.717, 1.165) is 13.0 Å². The van der Waals surface area contributed by atoms with Gasteiger partial charge in [-0.15, -0.1) is 24.8 Å². The van der Waals surface area contributed by atoms with Crippen molar-refractivity contribution in [1.29, 1.82) is 0 Å². The minimum atomic E-state index is -0.400. The van der Waals surface area contributed by atoms with Crippen LogP contribution < -0.4 is 15.5 Å². The number of hydrogen-bond donors (Lipinski definition) is 2. The molecule has 1 unspecified atom stereocenters. The SMILES string of the molecule is CN(CCCNC(=O)C1CNCCO1)c1ccccc1F.Cl.Cl. The lowest BCUT2D eigenvalue weighted by Crippen LogP contribution is -2.48. The zero-order valence-corrected chi connectivity index (χ0v) is 14.7. The van der Waals surface area contributed by atoms with Gasteiger partial charge in [-0.3, -0.25) is 4.79 Å². The maximum absolute atomic E-state index is 13.6. The van der Waals surface area contributed by atoms with Crippen LogP contribution in [-0.4, -0.2) is 51.8 Å². The molecule has 8 heteroatoms. The van der Waals surface area contributed by atoms with Crippen molar-refractivity contribution in [2.75, 3.05) is 44.7 Å². The Morgan fingerprint density at radius 3 is 2.83 bits per heavy atom. The Balaban J connectivity index is 0.00000242. The van der Waals surface area contributed by atoms with Crippen molar-refractivity contribution in [3.8, 4) is 0 Å². The molecule has 132 valence electrons. The van der Waals surface area contributed by atoms with Gasteiger partial charge in [0, 0.05) is 33.2 Å². The summed E-state index contributed by atoms with van der Waals surface area (Å²) in [6.45, 7) is 3.13. The lowest BCUT2D eigenvalue weighted by molar-refractivity contribution is -0.134. The highest BCUT2D eigenvalue weighted by Gasteiger charge is 2.20. The zero-order chi connectivity index (χ0) is 15.1. The molecule has 0 radical (unpaired) electrons. The van der Waals surface area contributed by atoms with Crippen molar-refractivity contribution in [2.45, 2.75) is 12.5 Å². The lowest BCUT2D eigenvalue weighted by atomic mass is 10.2. The van der Waals surface area contributed by atoms with Crippen molar-refractivity contribution < 1.29 is 13.9 Å². The summed E-state index contributed by atoms with van der Waals surface area (Å²) in [7, 11) is 1.84. The van der Waals surface area contributed by atoms with Gasteiger partial charge in [0.15, 0.2) is 0 Å². The smallest absolute Gasteiger partial charge is 0.250 e. The van der Waals surface area contributed by atoms with E-state index >= 15 is 0 Å². The van der Waals surface area contributed by atoms with E-state index in [1.807, 2.05) is 18.0 Å². The Morgan fingerprint density at radius 2 is 2.17 bits per heavy atom. The molecule has 1 aliphatic rings. The van der Waals surface area contributed by atoms with E-state index in [4.69, 9.17) is 4.74 Å². The summed E-state index contributed by atoms with van der Waals surface area (Å²) in [6.07, 6.45) is 0.347. The number of ether oxygens (including phenoxy) is 1. The fraction of sp³-hybridized carbons (Fsp3) is 0.533. The van der Waals surface area contributed by atoms with E-state index in [-0.39, 0.29) is 36.5 Å². The van der Waals surface area contributed by atoms with Crippen LogP contribution in [0.5, 0.6) is 0 Å². The molecule has 1 atom stereocenters. The highest BCUT2D eigenvalue weighted by molar-refractivity contribution is 5.85. The molecule has 2 N–H and O–H groups in total. The largest absolute Gasteiger partial charge is 0.372 e. The number of halogens is 3. The number of morpholine rings is 1. The molecule has 1 aromatic rings. The molecule has 0 aromatic heterocycles. The predicted molar refractivity (Wildman–Crippen MR) is 94.4 cm³/mol. The number of hydrogen-bond acceptors (Lipinski definition) is 4. The van der Waals surface area contributed by atoms with Crippen LogP contribution in [0.25, 0.3) is 0 Å². The number of anilines is 1. The first-order valence-corrected chi connectivity index (χ1v) is 7.24. The monoisotopic (exact) mass is 367 g/mol. The molecule has 0 spiro atoms. The van der Waals surface area contributed by atoms with E-state index in [0.29, 0.717) is 31.9 Å². The molecular formula is C15H24Cl2FN3O2. The van der Waals surface area contributed by atoms with Crippen LogP contribution in [-0.2, 0) is 9.53 Å². The third-order valence-corrected chi connectivity index (χ3v) is 3.45. The molecule has 0 aliphatic carbocycles. The van der Waals surface area contributed by atoms with Gasteiger partial charge in [-0.2, -0.15) is 0 Å². The molecule has 1 fully saturated rings. The molecular weight excluding hydrogens is 344 g/mol. The lowest BCUT2D eigenvalue weighted by Gasteiger charge is -2.23. The fourth-order valence-corrected chi connectivity index (χ4v) is 2.26. The van der Waals surface area contributed by atoms with E-state index < -0.39 is 6.10 Å². The second-order valence-corrected chi connectivity index (χ2v) is 5.08. The minimum absolute atomic E-state index is 0.